The topological polar surface area (TPSA) is 99.9 Å². The monoisotopic (exact) mass is 379 g/mol. The summed E-state index contributed by atoms with van der Waals surface area (Å²) in [6, 6.07) is 5.66. The molecule has 1 aliphatic heterocycles. The maximum absolute atomic E-state index is 13.6. The second-order valence-electron chi connectivity index (χ2n) is 5.32. The van der Waals surface area contributed by atoms with Crippen LogP contribution >= 0.6 is 11.6 Å². The Kier molecular flexibility index (Phi) is 4.72. The fourth-order valence-electron chi connectivity index (χ4n) is 2.31. The Morgan fingerprint density at radius 2 is 1.88 bits per heavy atom. The summed E-state index contributed by atoms with van der Waals surface area (Å²) in [6.45, 7) is -0.985. The van der Waals surface area contributed by atoms with Crippen molar-refractivity contribution >= 4 is 41.0 Å². The number of nitrogens with zero attached hydrogens (tertiary/aromatic N) is 2. The van der Waals surface area contributed by atoms with Crippen molar-refractivity contribution in [3.63, 3.8) is 0 Å². The number of carbonyl (C=O) groups excluding carboxylic acids is 4. The molecule has 1 aromatic carbocycles. The summed E-state index contributed by atoms with van der Waals surface area (Å²) in [5.74, 6) is -3.53. The molecule has 134 valence electrons. The quantitative estimate of drug-likeness (QED) is 0.632. The van der Waals surface area contributed by atoms with E-state index in [1.807, 2.05) is 0 Å². The summed E-state index contributed by atoms with van der Waals surface area (Å²) in [6.07, 6.45) is 1.35. The summed E-state index contributed by atoms with van der Waals surface area (Å²) in [4.78, 5) is 49.4. The number of hydrogen-bond donors (Lipinski definition) is 1. The van der Waals surface area contributed by atoms with Crippen molar-refractivity contribution in [3.05, 3.63) is 53.2 Å². The first kappa shape index (κ1) is 17.6. The number of rotatable bonds is 5. The Balaban J connectivity index is 1.69. The van der Waals surface area contributed by atoms with Crippen molar-refractivity contribution in [3.8, 4) is 0 Å². The molecular formula is C16H11ClFN3O5. The zero-order chi connectivity index (χ0) is 18.8. The molecule has 1 aromatic heterocycles. The maximum atomic E-state index is 13.6. The third-order valence-corrected chi connectivity index (χ3v) is 3.77. The van der Waals surface area contributed by atoms with Gasteiger partial charge in [0.25, 0.3) is 0 Å². The molecule has 10 heteroatoms. The normalized spacial score (nSPS) is 14.3. The Morgan fingerprint density at radius 3 is 2.58 bits per heavy atom. The summed E-state index contributed by atoms with van der Waals surface area (Å²) < 4.78 is 18.7. The molecule has 1 saturated heterocycles. The van der Waals surface area contributed by atoms with Crippen LogP contribution in [0.5, 0.6) is 0 Å². The molecule has 1 N–H and O–H groups in total. The fraction of sp³-hybridized carbons (Fsp3) is 0.125. The lowest BCUT2D eigenvalue weighted by Crippen LogP contribution is -2.39. The highest BCUT2D eigenvalue weighted by atomic mass is 35.5. The van der Waals surface area contributed by atoms with Crippen molar-refractivity contribution in [1.82, 2.24) is 9.80 Å². The second-order valence-corrected chi connectivity index (χ2v) is 5.75. The lowest BCUT2D eigenvalue weighted by molar-refractivity contribution is -0.144. The molecule has 26 heavy (non-hydrogen) atoms. The smallest absolute Gasteiger partial charge is 0.335 e. The number of furan rings is 1. The van der Waals surface area contributed by atoms with E-state index in [4.69, 9.17) is 16.0 Å². The molecule has 2 aromatic rings. The van der Waals surface area contributed by atoms with E-state index < -0.39 is 36.1 Å². The SMILES string of the molecule is O=C(CN1C(=O)C(=O)N(Cc2ccco2)C1=O)Nc1cc(Cl)ccc1F. The molecule has 0 saturated carbocycles. The summed E-state index contributed by atoms with van der Waals surface area (Å²) in [5, 5.41) is 2.39. The minimum absolute atomic E-state index is 0.190. The van der Waals surface area contributed by atoms with Crippen LogP contribution < -0.4 is 5.32 Å². The lowest BCUT2D eigenvalue weighted by atomic mass is 10.3. The van der Waals surface area contributed by atoms with E-state index in [2.05, 4.69) is 5.32 Å². The van der Waals surface area contributed by atoms with E-state index in [-0.39, 0.29) is 17.3 Å². The number of amides is 5. The molecule has 0 bridgehead atoms. The van der Waals surface area contributed by atoms with Gasteiger partial charge in [-0.2, -0.15) is 0 Å². The van der Waals surface area contributed by atoms with Gasteiger partial charge in [-0.15, -0.1) is 0 Å². The average Bonchev–Trinajstić information content (AvgIpc) is 3.17. The van der Waals surface area contributed by atoms with Crippen LogP contribution in [-0.4, -0.2) is 40.1 Å². The second kappa shape index (κ2) is 6.96. The molecule has 1 aliphatic rings. The van der Waals surface area contributed by atoms with Crippen LogP contribution in [0, 0.1) is 5.82 Å². The number of benzene rings is 1. The van der Waals surface area contributed by atoms with Crippen LogP contribution in [0.15, 0.2) is 41.0 Å². The van der Waals surface area contributed by atoms with Crippen molar-refractivity contribution < 1.29 is 28.0 Å². The van der Waals surface area contributed by atoms with Gasteiger partial charge < -0.3 is 9.73 Å². The number of anilines is 1. The van der Waals surface area contributed by atoms with Gasteiger partial charge >= 0.3 is 17.8 Å². The summed E-state index contributed by atoms with van der Waals surface area (Å²) in [5.41, 5.74) is -0.208. The van der Waals surface area contributed by atoms with E-state index >= 15 is 0 Å². The van der Waals surface area contributed by atoms with Gasteiger partial charge in [-0.1, -0.05) is 11.6 Å². The van der Waals surface area contributed by atoms with Gasteiger partial charge in [-0.05, 0) is 30.3 Å². The van der Waals surface area contributed by atoms with Crippen molar-refractivity contribution in [1.29, 1.82) is 0 Å². The molecule has 1 fully saturated rings. The first-order valence-electron chi connectivity index (χ1n) is 7.31. The zero-order valence-electron chi connectivity index (χ0n) is 13.1. The Bertz CT molecular complexity index is 899. The molecule has 5 amide bonds. The van der Waals surface area contributed by atoms with Gasteiger partial charge in [0.15, 0.2) is 0 Å². The Hall–Kier alpha value is -3.20. The number of carbonyl (C=O) groups is 4. The van der Waals surface area contributed by atoms with Crippen LogP contribution in [0.1, 0.15) is 5.76 Å². The van der Waals surface area contributed by atoms with E-state index in [0.717, 1.165) is 6.07 Å². The summed E-state index contributed by atoms with van der Waals surface area (Å²) >= 11 is 5.73. The fourth-order valence-corrected chi connectivity index (χ4v) is 2.49. The third-order valence-electron chi connectivity index (χ3n) is 3.53. The molecular weight excluding hydrogens is 369 g/mol. The molecule has 0 spiro atoms. The highest BCUT2D eigenvalue weighted by Gasteiger charge is 2.45. The molecule has 0 radical (unpaired) electrons. The minimum atomic E-state index is -1.15. The molecule has 8 nitrogen and oxygen atoms in total. The first-order valence-corrected chi connectivity index (χ1v) is 7.69. The van der Waals surface area contributed by atoms with E-state index in [9.17, 15) is 23.6 Å². The highest BCUT2D eigenvalue weighted by molar-refractivity contribution is 6.45. The van der Waals surface area contributed by atoms with Crippen molar-refractivity contribution in [2.45, 2.75) is 6.54 Å². The van der Waals surface area contributed by atoms with Crippen molar-refractivity contribution in [2.24, 2.45) is 0 Å². The molecule has 3 rings (SSSR count). The lowest BCUT2D eigenvalue weighted by Gasteiger charge is -2.14. The summed E-state index contributed by atoms with van der Waals surface area (Å²) in [7, 11) is 0. The van der Waals surface area contributed by atoms with Gasteiger partial charge in [-0.3, -0.25) is 14.4 Å². The number of urea groups is 1. The first-order chi connectivity index (χ1) is 12.4. The standard InChI is InChI=1S/C16H11ClFN3O5/c17-9-3-4-11(18)12(6-9)19-13(22)8-21-15(24)14(23)20(16(21)25)7-10-2-1-5-26-10/h1-6H,7-8H2,(H,19,22). The number of hydrogen-bond acceptors (Lipinski definition) is 5. The number of nitrogens with one attached hydrogen (secondary N) is 1. The van der Waals surface area contributed by atoms with Gasteiger partial charge in [0.1, 0.15) is 18.1 Å². The predicted octanol–water partition coefficient (Wildman–Crippen LogP) is 2.00. The maximum Gasteiger partial charge on any atom is 0.335 e. The van der Waals surface area contributed by atoms with Gasteiger partial charge in [0.2, 0.25) is 5.91 Å². The number of halogens is 2. The van der Waals surface area contributed by atoms with Crippen LogP contribution in [0.4, 0.5) is 14.9 Å². The van der Waals surface area contributed by atoms with Crippen LogP contribution in [0.25, 0.3) is 0 Å². The Labute approximate surface area is 151 Å². The van der Waals surface area contributed by atoms with Crippen LogP contribution in [0.3, 0.4) is 0 Å². The Morgan fingerprint density at radius 1 is 1.15 bits per heavy atom. The highest BCUT2D eigenvalue weighted by Crippen LogP contribution is 2.20. The predicted molar refractivity (Wildman–Crippen MR) is 86.4 cm³/mol. The van der Waals surface area contributed by atoms with Crippen LogP contribution in [-0.2, 0) is 20.9 Å². The molecule has 0 aliphatic carbocycles. The van der Waals surface area contributed by atoms with Crippen molar-refractivity contribution in [2.75, 3.05) is 11.9 Å². The average molecular weight is 380 g/mol. The molecule has 0 atom stereocenters. The zero-order valence-corrected chi connectivity index (χ0v) is 13.8. The molecule has 2 heterocycles. The van der Waals surface area contributed by atoms with Gasteiger partial charge in [0.05, 0.1) is 18.5 Å². The largest absolute Gasteiger partial charge is 0.467 e. The number of imide groups is 2. The van der Waals surface area contributed by atoms with Crippen LogP contribution in [0.2, 0.25) is 5.02 Å². The third kappa shape index (κ3) is 3.42. The van der Waals surface area contributed by atoms with E-state index in [0.29, 0.717) is 15.6 Å². The molecule has 0 unspecified atom stereocenters. The van der Waals surface area contributed by atoms with E-state index in [1.54, 1.807) is 6.07 Å². The minimum Gasteiger partial charge on any atom is -0.467 e. The van der Waals surface area contributed by atoms with Gasteiger partial charge in [-0.25, -0.2) is 19.0 Å². The van der Waals surface area contributed by atoms with E-state index in [1.165, 1.54) is 24.5 Å². The van der Waals surface area contributed by atoms with Gasteiger partial charge in [0, 0.05) is 5.02 Å².